The van der Waals surface area contributed by atoms with Crippen LogP contribution in [0.1, 0.15) is 38.7 Å². The maximum atomic E-state index is 10.8. The Bertz CT molecular complexity index is 328. The van der Waals surface area contributed by atoms with E-state index in [4.69, 9.17) is 9.47 Å². The summed E-state index contributed by atoms with van der Waals surface area (Å²) in [5.41, 5.74) is 1.26. The predicted molar refractivity (Wildman–Crippen MR) is 62.4 cm³/mol. The van der Waals surface area contributed by atoms with Gasteiger partial charge in [-0.15, -0.1) is 0 Å². The molecule has 16 heavy (non-hydrogen) atoms. The Morgan fingerprint density at radius 3 is 2.38 bits per heavy atom. The predicted octanol–water partition coefficient (Wildman–Crippen LogP) is 3.10. The van der Waals surface area contributed by atoms with Crippen LogP contribution in [0, 0.1) is 0 Å². The molecule has 0 spiro atoms. The lowest BCUT2D eigenvalue weighted by Gasteiger charge is -2.08. The number of carbonyl (C=O) groups excluding carboxylic acids is 1. The van der Waals surface area contributed by atoms with E-state index < -0.39 is 0 Å². The van der Waals surface area contributed by atoms with E-state index >= 15 is 0 Å². The van der Waals surface area contributed by atoms with Crippen molar-refractivity contribution in [2.24, 2.45) is 0 Å². The van der Waals surface area contributed by atoms with E-state index in [0.717, 1.165) is 0 Å². The van der Waals surface area contributed by atoms with Crippen molar-refractivity contribution in [1.82, 2.24) is 0 Å². The number of benzene rings is 1. The highest BCUT2D eigenvalue weighted by atomic mass is 16.7. The largest absolute Gasteiger partial charge is 0.457 e. The summed E-state index contributed by atoms with van der Waals surface area (Å²) in [4.78, 5) is 10.8. The standard InChI is InChI=1S/C13H18O3/c1-4-13(14)16-9-15-12-7-5-11(6-8-12)10(2)3/h5-8,10H,4,9H2,1-3H3. The first-order valence-electron chi connectivity index (χ1n) is 5.52. The molecule has 0 fully saturated rings. The average molecular weight is 222 g/mol. The minimum Gasteiger partial charge on any atom is -0.457 e. The Morgan fingerprint density at radius 2 is 1.88 bits per heavy atom. The van der Waals surface area contributed by atoms with Gasteiger partial charge in [0.1, 0.15) is 5.75 Å². The molecule has 0 saturated heterocycles. The number of rotatable bonds is 5. The topological polar surface area (TPSA) is 35.5 Å². The van der Waals surface area contributed by atoms with E-state index in [1.807, 2.05) is 24.3 Å². The molecule has 0 heterocycles. The highest BCUT2D eigenvalue weighted by molar-refractivity contribution is 5.68. The molecule has 3 heteroatoms. The summed E-state index contributed by atoms with van der Waals surface area (Å²) >= 11 is 0. The lowest BCUT2D eigenvalue weighted by Crippen LogP contribution is -2.08. The zero-order valence-corrected chi connectivity index (χ0v) is 10.0. The first kappa shape index (κ1) is 12.6. The SMILES string of the molecule is CCC(=O)OCOc1ccc(C(C)C)cc1. The van der Waals surface area contributed by atoms with Gasteiger partial charge in [-0.1, -0.05) is 32.9 Å². The number of hydrogen-bond acceptors (Lipinski definition) is 3. The molecule has 0 aromatic heterocycles. The van der Waals surface area contributed by atoms with Crippen LogP contribution in [0.25, 0.3) is 0 Å². The van der Waals surface area contributed by atoms with Gasteiger partial charge in [0.05, 0.1) is 0 Å². The summed E-state index contributed by atoms with van der Waals surface area (Å²) < 4.78 is 10.1. The molecule has 0 amide bonds. The lowest BCUT2D eigenvalue weighted by atomic mass is 10.0. The van der Waals surface area contributed by atoms with Crippen LogP contribution in [0.15, 0.2) is 24.3 Å². The van der Waals surface area contributed by atoms with Crippen LogP contribution in [-0.2, 0) is 9.53 Å². The Morgan fingerprint density at radius 1 is 1.25 bits per heavy atom. The monoisotopic (exact) mass is 222 g/mol. The smallest absolute Gasteiger partial charge is 0.308 e. The van der Waals surface area contributed by atoms with Gasteiger partial charge in [-0.2, -0.15) is 0 Å². The van der Waals surface area contributed by atoms with Crippen LogP contribution >= 0.6 is 0 Å². The molecule has 0 aliphatic carbocycles. The lowest BCUT2D eigenvalue weighted by molar-refractivity contribution is -0.149. The first-order valence-corrected chi connectivity index (χ1v) is 5.52. The Balaban J connectivity index is 2.40. The van der Waals surface area contributed by atoms with Gasteiger partial charge < -0.3 is 9.47 Å². The molecular formula is C13H18O3. The zero-order chi connectivity index (χ0) is 12.0. The molecule has 0 saturated carbocycles. The van der Waals surface area contributed by atoms with Crippen molar-refractivity contribution >= 4 is 5.97 Å². The van der Waals surface area contributed by atoms with Gasteiger partial charge in [-0.05, 0) is 23.6 Å². The molecular weight excluding hydrogens is 204 g/mol. The van der Waals surface area contributed by atoms with Crippen LogP contribution in [-0.4, -0.2) is 12.8 Å². The van der Waals surface area contributed by atoms with Crippen molar-refractivity contribution in [1.29, 1.82) is 0 Å². The third-order valence-electron chi connectivity index (χ3n) is 2.28. The van der Waals surface area contributed by atoms with Gasteiger partial charge in [-0.25, -0.2) is 0 Å². The normalized spacial score (nSPS) is 10.2. The maximum absolute atomic E-state index is 10.8. The molecule has 0 aliphatic rings. The number of carbonyl (C=O) groups is 1. The van der Waals surface area contributed by atoms with Gasteiger partial charge in [0, 0.05) is 6.42 Å². The molecule has 1 aromatic carbocycles. The molecule has 88 valence electrons. The molecule has 0 unspecified atom stereocenters. The van der Waals surface area contributed by atoms with Gasteiger partial charge in [-0.3, -0.25) is 4.79 Å². The fourth-order valence-electron chi connectivity index (χ4n) is 1.21. The number of ether oxygens (including phenoxy) is 2. The number of hydrogen-bond donors (Lipinski definition) is 0. The van der Waals surface area contributed by atoms with E-state index in [-0.39, 0.29) is 12.8 Å². The van der Waals surface area contributed by atoms with E-state index in [1.54, 1.807) is 6.92 Å². The molecule has 0 aliphatic heterocycles. The van der Waals surface area contributed by atoms with E-state index in [9.17, 15) is 4.79 Å². The molecule has 1 rings (SSSR count). The molecule has 3 nitrogen and oxygen atoms in total. The van der Waals surface area contributed by atoms with E-state index in [0.29, 0.717) is 18.1 Å². The minimum absolute atomic E-state index is 0.0201. The second-order valence-electron chi connectivity index (χ2n) is 3.86. The summed E-state index contributed by atoms with van der Waals surface area (Å²) in [6.45, 7) is 6.01. The highest BCUT2D eigenvalue weighted by Crippen LogP contribution is 2.18. The van der Waals surface area contributed by atoms with Gasteiger partial charge in [0.25, 0.3) is 0 Å². The summed E-state index contributed by atoms with van der Waals surface area (Å²) in [5.74, 6) is 0.971. The van der Waals surface area contributed by atoms with Crippen molar-refractivity contribution in [2.75, 3.05) is 6.79 Å². The van der Waals surface area contributed by atoms with Crippen LogP contribution < -0.4 is 4.74 Å². The van der Waals surface area contributed by atoms with Crippen LogP contribution in [0.2, 0.25) is 0 Å². The average Bonchev–Trinajstić information content (AvgIpc) is 2.29. The first-order chi connectivity index (χ1) is 7.63. The summed E-state index contributed by atoms with van der Waals surface area (Å²) in [5, 5.41) is 0. The molecule has 0 atom stereocenters. The van der Waals surface area contributed by atoms with Crippen LogP contribution in [0.5, 0.6) is 5.75 Å². The summed E-state index contributed by atoms with van der Waals surface area (Å²) in [6.07, 6.45) is 0.371. The van der Waals surface area contributed by atoms with Crippen molar-refractivity contribution in [3.8, 4) is 5.75 Å². The Kier molecular flexibility index (Phi) is 4.83. The molecule has 1 aromatic rings. The van der Waals surface area contributed by atoms with Gasteiger partial charge in [0.2, 0.25) is 6.79 Å². The molecule has 0 N–H and O–H groups in total. The van der Waals surface area contributed by atoms with Crippen molar-refractivity contribution in [2.45, 2.75) is 33.1 Å². The van der Waals surface area contributed by atoms with Gasteiger partial charge >= 0.3 is 5.97 Å². The second kappa shape index (κ2) is 6.16. The third kappa shape index (κ3) is 3.93. The molecule has 0 bridgehead atoms. The van der Waals surface area contributed by atoms with Crippen molar-refractivity contribution in [3.05, 3.63) is 29.8 Å². The van der Waals surface area contributed by atoms with Crippen LogP contribution in [0.4, 0.5) is 0 Å². The fraction of sp³-hybridized carbons (Fsp3) is 0.462. The highest BCUT2D eigenvalue weighted by Gasteiger charge is 2.01. The quantitative estimate of drug-likeness (QED) is 0.567. The van der Waals surface area contributed by atoms with E-state index in [1.165, 1.54) is 5.56 Å². The Hall–Kier alpha value is -1.51. The minimum atomic E-state index is -0.251. The van der Waals surface area contributed by atoms with Crippen LogP contribution in [0.3, 0.4) is 0 Å². The maximum Gasteiger partial charge on any atom is 0.308 e. The third-order valence-corrected chi connectivity index (χ3v) is 2.28. The van der Waals surface area contributed by atoms with E-state index in [2.05, 4.69) is 13.8 Å². The summed E-state index contributed by atoms with van der Waals surface area (Å²) in [6, 6.07) is 7.80. The van der Waals surface area contributed by atoms with Crippen molar-refractivity contribution < 1.29 is 14.3 Å². The summed E-state index contributed by atoms with van der Waals surface area (Å²) in [7, 11) is 0. The second-order valence-corrected chi connectivity index (χ2v) is 3.86. The zero-order valence-electron chi connectivity index (χ0n) is 10.0. The van der Waals surface area contributed by atoms with Gasteiger partial charge in [0.15, 0.2) is 0 Å². The fourth-order valence-corrected chi connectivity index (χ4v) is 1.21. The van der Waals surface area contributed by atoms with Crippen molar-refractivity contribution in [3.63, 3.8) is 0 Å². The number of esters is 1. The Labute approximate surface area is 96.4 Å². The molecule has 0 radical (unpaired) electrons.